The van der Waals surface area contributed by atoms with Crippen LogP contribution in [0.15, 0.2) is 23.0 Å². The van der Waals surface area contributed by atoms with Crippen molar-refractivity contribution in [2.45, 2.75) is 26.2 Å². The first kappa shape index (κ1) is 14.1. The number of hydrogen-bond acceptors (Lipinski definition) is 3. The topological polar surface area (TPSA) is 85.2 Å². The first-order valence-corrected chi connectivity index (χ1v) is 6.45. The number of benzene rings is 1. The molecule has 0 unspecified atom stereocenters. The molecular weight excluding hydrogens is 256 g/mol. The van der Waals surface area contributed by atoms with E-state index in [9.17, 15) is 9.59 Å². The van der Waals surface area contributed by atoms with Crippen LogP contribution >= 0.6 is 0 Å². The number of pyridine rings is 1. The van der Waals surface area contributed by atoms with E-state index in [2.05, 4.69) is 4.98 Å². The number of primary amides is 1. The summed E-state index contributed by atoms with van der Waals surface area (Å²) in [4.78, 5) is 26.9. The number of carbonyl (C=O) groups excluding carboxylic acids is 1. The molecule has 1 aromatic heterocycles. The van der Waals surface area contributed by atoms with Crippen molar-refractivity contribution in [3.8, 4) is 5.75 Å². The second-order valence-corrected chi connectivity index (χ2v) is 5.06. The molecule has 1 aromatic carbocycles. The van der Waals surface area contributed by atoms with Gasteiger partial charge in [0, 0.05) is 22.2 Å². The Morgan fingerprint density at radius 1 is 1.40 bits per heavy atom. The summed E-state index contributed by atoms with van der Waals surface area (Å²) in [5, 5.41) is 0.557. The van der Waals surface area contributed by atoms with Crippen LogP contribution in [-0.4, -0.2) is 18.0 Å². The summed E-state index contributed by atoms with van der Waals surface area (Å²) in [5.41, 5.74) is 7.04. The van der Waals surface area contributed by atoms with Gasteiger partial charge in [0.05, 0.1) is 13.5 Å². The van der Waals surface area contributed by atoms with Crippen molar-refractivity contribution >= 4 is 16.8 Å². The van der Waals surface area contributed by atoms with Crippen molar-refractivity contribution in [3.63, 3.8) is 0 Å². The van der Waals surface area contributed by atoms with E-state index < -0.39 is 5.91 Å². The van der Waals surface area contributed by atoms with Gasteiger partial charge in [0.1, 0.15) is 5.75 Å². The third-order valence-corrected chi connectivity index (χ3v) is 3.26. The van der Waals surface area contributed by atoms with Gasteiger partial charge in [0.2, 0.25) is 5.91 Å². The molecule has 20 heavy (non-hydrogen) atoms. The van der Waals surface area contributed by atoms with Gasteiger partial charge in [-0.05, 0) is 24.1 Å². The molecular formula is C15H18N2O3. The van der Waals surface area contributed by atoms with Crippen molar-refractivity contribution in [2.75, 3.05) is 7.11 Å². The fourth-order valence-corrected chi connectivity index (χ4v) is 2.38. The molecule has 0 spiro atoms. The van der Waals surface area contributed by atoms with Crippen molar-refractivity contribution < 1.29 is 9.53 Å². The molecule has 2 aromatic rings. The van der Waals surface area contributed by atoms with Crippen LogP contribution in [0.1, 0.15) is 31.0 Å². The van der Waals surface area contributed by atoms with Crippen LogP contribution in [-0.2, 0) is 11.2 Å². The van der Waals surface area contributed by atoms with Crippen LogP contribution in [0, 0.1) is 0 Å². The molecule has 0 saturated heterocycles. The summed E-state index contributed by atoms with van der Waals surface area (Å²) in [6.07, 6.45) is 0.0325. The maximum absolute atomic E-state index is 12.6. The van der Waals surface area contributed by atoms with Crippen molar-refractivity contribution in [3.05, 3.63) is 39.7 Å². The summed E-state index contributed by atoms with van der Waals surface area (Å²) < 4.78 is 5.15. The molecule has 0 bridgehead atoms. The van der Waals surface area contributed by atoms with Crippen LogP contribution in [0.25, 0.3) is 10.9 Å². The molecule has 1 amide bonds. The fraction of sp³-hybridized carbons (Fsp3) is 0.333. The van der Waals surface area contributed by atoms with Gasteiger partial charge in [-0.3, -0.25) is 9.59 Å². The quantitative estimate of drug-likeness (QED) is 0.889. The molecule has 5 nitrogen and oxygen atoms in total. The predicted octanol–water partition coefficient (Wildman–Crippen LogP) is 1.69. The molecule has 0 aliphatic rings. The maximum atomic E-state index is 12.6. The second-order valence-electron chi connectivity index (χ2n) is 5.06. The average Bonchev–Trinajstić information content (AvgIpc) is 2.37. The van der Waals surface area contributed by atoms with Crippen LogP contribution in [0.4, 0.5) is 0 Å². The Hall–Kier alpha value is -2.30. The SMILES string of the molecule is COc1ccc2[nH]c(CC(N)=O)c(C(C)C)c(=O)c2c1. The number of amides is 1. The zero-order valence-corrected chi connectivity index (χ0v) is 11.8. The van der Waals surface area contributed by atoms with Crippen LogP contribution in [0.3, 0.4) is 0 Å². The van der Waals surface area contributed by atoms with E-state index in [1.54, 1.807) is 25.3 Å². The third-order valence-electron chi connectivity index (χ3n) is 3.26. The van der Waals surface area contributed by atoms with Gasteiger partial charge in [-0.1, -0.05) is 13.8 Å². The lowest BCUT2D eigenvalue weighted by atomic mass is 9.96. The smallest absolute Gasteiger partial charge is 0.223 e. The molecule has 0 aliphatic heterocycles. The number of methoxy groups -OCH3 is 1. The first-order valence-electron chi connectivity index (χ1n) is 6.45. The highest BCUT2D eigenvalue weighted by molar-refractivity contribution is 5.83. The number of rotatable bonds is 4. The Balaban J connectivity index is 2.78. The summed E-state index contributed by atoms with van der Waals surface area (Å²) in [6.45, 7) is 3.84. The van der Waals surface area contributed by atoms with Gasteiger partial charge >= 0.3 is 0 Å². The zero-order valence-electron chi connectivity index (χ0n) is 11.8. The highest BCUT2D eigenvalue weighted by Crippen LogP contribution is 2.22. The lowest BCUT2D eigenvalue weighted by molar-refractivity contribution is -0.117. The van der Waals surface area contributed by atoms with Crippen molar-refractivity contribution in [1.29, 1.82) is 0 Å². The average molecular weight is 274 g/mol. The minimum Gasteiger partial charge on any atom is -0.497 e. The number of aromatic amines is 1. The number of hydrogen-bond donors (Lipinski definition) is 2. The van der Waals surface area contributed by atoms with Gasteiger partial charge in [-0.25, -0.2) is 0 Å². The van der Waals surface area contributed by atoms with Crippen LogP contribution < -0.4 is 15.9 Å². The van der Waals surface area contributed by atoms with E-state index in [1.807, 2.05) is 13.8 Å². The summed E-state index contributed by atoms with van der Waals surface area (Å²) in [5.74, 6) is 0.166. The van der Waals surface area contributed by atoms with Gasteiger partial charge in [-0.2, -0.15) is 0 Å². The molecule has 0 atom stereocenters. The number of ether oxygens (including phenoxy) is 1. The number of aromatic nitrogens is 1. The zero-order chi connectivity index (χ0) is 14.9. The molecule has 0 radical (unpaired) electrons. The minimum atomic E-state index is -0.463. The Kier molecular flexibility index (Phi) is 3.79. The molecule has 106 valence electrons. The summed E-state index contributed by atoms with van der Waals surface area (Å²) in [6, 6.07) is 5.24. The van der Waals surface area contributed by atoms with Gasteiger partial charge in [0.25, 0.3) is 0 Å². The number of H-pyrrole nitrogens is 1. The minimum absolute atomic E-state index is 0.00343. The van der Waals surface area contributed by atoms with E-state index in [1.165, 1.54) is 0 Å². The van der Waals surface area contributed by atoms with E-state index in [0.29, 0.717) is 27.9 Å². The predicted molar refractivity (Wildman–Crippen MR) is 78.1 cm³/mol. The number of nitrogens with one attached hydrogen (secondary N) is 1. The number of nitrogens with two attached hydrogens (primary N) is 1. The lowest BCUT2D eigenvalue weighted by Gasteiger charge is -2.13. The van der Waals surface area contributed by atoms with Crippen LogP contribution in [0.5, 0.6) is 5.75 Å². The van der Waals surface area contributed by atoms with E-state index >= 15 is 0 Å². The van der Waals surface area contributed by atoms with E-state index in [4.69, 9.17) is 10.5 Å². The van der Waals surface area contributed by atoms with E-state index in [0.717, 1.165) is 0 Å². The molecule has 5 heteroatoms. The Labute approximate surface area is 116 Å². The molecule has 0 saturated carbocycles. The molecule has 1 heterocycles. The standard InChI is InChI=1S/C15H18N2O3/c1-8(2)14-12(7-13(16)18)17-11-5-4-9(20-3)6-10(11)15(14)19/h4-6,8H,7H2,1-3H3,(H2,16,18)(H,17,19). The Morgan fingerprint density at radius 2 is 2.10 bits per heavy atom. The highest BCUT2D eigenvalue weighted by Gasteiger charge is 2.16. The third kappa shape index (κ3) is 2.52. The molecule has 3 N–H and O–H groups in total. The summed E-state index contributed by atoms with van der Waals surface area (Å²) >= 11 is 0. The van der Waals surface area contributed by atoms with Crippen LogP contribution in [0.2, 0.25) is 0 Å². The Bertz CT molecular complexity index is 717. The monoisotopic (exact) mass is 274 g/mol. The van der Waals surface area contributed by atoms with E-state index in [-0.39, 0.29) is 17.8 Å². The maximum Gasteiger partial charge on any atom is 0.223 e. The van der Waals surface area contributed by atoms with Crippen molar-refractivity contribution in [2.24, 2.45) is 5.73 Å². The largest absolute Gasteiger partial charge is 0.497 e. The normalized spacial score (nSPS) is 11.0. The van der Waals surface area contributed by atoms with Gasteiger partial charge in [0.15, 0.2) is 5.43 Å². The Morgan fingerprint density at radius 3 is 2.65 bits per heavy atom. The number of carbonyl (C=O) groups is 1. The summed E-state index contributed by atoms with van der Waals surface area (Å²) in [7, 11) is 1.56. The van der Waals surface area contributed by atoms with Crippen molar-refractivity contribution in [1.82, 2.24) is 4.98 Å². The first-order chi connectivity index (χ1) is 9.43. The van der Waals surface area contributed by atoms with Gasteiger partial charge < -0.3 is 15.5 Å². The van der Waals surface area contributed by atoms with Gasteiger partial charge in [-0.15, -0.1) is 0 Å². The lowest BCUT2D eigenvalue weighted by Crippen LogP contribution is -2.22. The molecule has 0 aliphatic carbocycles. The molecule has 2 rings (SSSR count). The highest BCUT2D eigenvalue weighted by atomic mass is 16.5. The molecule has 0 fully saturated rings. The fourth-order valence-electron chi connectivity index (χ4n) is 2.38. The second kappa shape index (κ2) is 5.36. The number of fused-ring (bicyclic) bond motifs is 1.